The molecule has 0 aliphatic carbocycles. The summed E-state index contributed by atoms with van der Waals surface area (Å²) in [5, 5.41) is 10.9. The van der Waals surface area contributed by atoms with Crippen molar-refractivity contribution in [3.63, 3.8) is 0 Å². The maximum atomic E-state index is 5.65. The highest BCUT2D eigenvalue weighted by atomic mass is 16.4. The third-order valence-electron chi connectivity index (χ3n) is 3.14. The summed E-state index contributed by atoms with van der Waals surface area (Å²) in [7, 11) is 0. The van der Waals surface area contributed by atoms with Crippen molar-refractivity contribution in [1.82, 2.24) is 10.2 Å². The average Bonchev–Trinajstić information content (AvgIpc) is 2.86. The van der Waals surface area contributed by atoms with Crippen molar-refractivity contribution in [3.05, 3.63) is 5.89 Å². The lowest BCUT2D eigenvalue weighted by Crippen LogP contribution is -2.04. The predicted molar refractivity (Wildman–Crippen MR) is 78.0 cm³/mol. The fourth-order valence-electron chi connectivity index (χ4n) is 1.94. The van der Waals surface area contributed by atoms with Gasteiger partial charge in [-0.15, -0.1) is 5.10 Å². The molecule has 110 valence electrons. The minimum Gasteiger partial charge on any atom is -0.406 e. The van der Waals surface area contributed by atoms with E-state index in [0.717, 1.165) is 13.0 Å². The van der Waals surface area contributed by atoms with Gasteiger partial charge in [-0.2, -0.15) is 0 Å². The zero-order chi connectivity index (χ0) is 13.9. The molecule has 5 nitrogen and oxygen atoms in total. The van der Waals surface area contributed by atoms with Crippen LogP contribution in [0.5, 0.6) is 0 Å². The van der Waals surface area contributed by atoms with Gasteiger partial charge in [0.1, 0.15) is 0 Å². The molecule has 1 unspecified atom stereocenters. The Labute approximate surface area is 116 Å². The van der Waals surface area contributed by atoms with Gasteiger partial charge < -0.3 is 15.5 Å². The number of nitrogens with zero attached hydrogens (tertiary/aromatic N) is 2. The van der Waals surface area contributed by atoms with Gasteiger partial charge in [0, 0.05) is 6.54 Å². The highest BCUT2D eigenvalue weighted by Gasteiger charge is 2.08. The molecule has 19 heavy (non-hydrogen) atoms. The number of rotatable bonds is 11. The van der Waals surface area contributed by atoms with Crippen LogP contribution in [0, 0.1) is 0 Å². The molecule has 0 radical (unpaired) electrons. The van der Waals surface area contributed by atoms with Crippen molar-refractivity contribution in [2.75, 3.05) is 11.9 Å². The lowest BCUT2D eigenvalue weighted by Gasteiger charge is -2.02. The zero-order valence-electron chi connectivity index (χ0n) is 12.3. The summed E-state index contributed by atoms with van der Waals surface area (Å²) in [6, 6.07) is 0.279. The molecule has 0 aromatic carbocycles. The maximum absolute atomic E-state index is 5.65. The Morgan fingerprint density at radius 2 is 1.68 bits per heavy atom. The molecule has 1 aromatic heterocycles. The predicted octanol–water partition coefficient (Wildman–Crippen LogP) is 3.64. The highest BCUT2D eigenvalue weighted by Crippen LogP contribution is 2.12. The van der Waals surface area contributed by atoms with E-state index in [1.807, 2.05) is 6.92 Å². The van der Waals surface area contributed by atoms with Gasteiger partial charge in [0.15, 0.2) is 0 Å². The van der Waals surface area contributed by atoms with E-state index in [1.165, 1.54) is 44.9 Å². The summed E-state index contributed by atoms with van der Waals surface area (Å²) in [5.41, 5.74) is 5.65. The number of hydrogen-bond acceptors (Lipinski definition) is 5. The summed E-state index contributed by atoms with van der Waals surface area (Å²) in [5.74, 6) is 0.485. The monoisotopic (exact) mass is 268 g/mol. The Bertz CT molecular complexity index is 325. The molecule has 0 bridgehead atoms. The molecule has 0 fully saturated rings. The fourth-order valence-corrected chi connectivity index (χ4v) is 1.94. The Balaban J connectivity index is 1.95. The third kappa shape index (κ3) is 7.15. The second-order valence-corrected chi connectivity index (χ2v) is 5.14. The fraction of sp³-hybridized carbons (Fsp3) is 0.857. The Kier molecular flexibility index (Phi) is 8.21. The first-order valence-corrected chi connectivity index (χ1v) is 7.57. The number of anilines is 1. The van der Waals surface area contributed by atoms with Gasteiger partial charge in [0.05, 0.1) is 6.04 Å². The molecule has 3 N–H and O–H groups in total. The quantitative estimate of drug-likeness (QED) is 0.599. The first-order valence-electron chi connectivity index (χ1n) is 7.57. The Hall–Kier alpha value is -1.10. The highest BCUT2D eigenvalue weighted by molar-refractivity contribution is 5.16. The molecule has 0 spiro atoms. The van der Waals surface area contributed by atoms with E-state index in [9.17, 15) is 0 Å². The molecule has 5 heteroatoms. The molecule has 1 heterocycles. The Morgan fingerprint density at radius 3 is 2.26 bits per heavy atom. The molecule has 1 aromatic rings. The summed E-state index contributed by atoms with van der Waals surface area (Å²) in [6.07, 6.45) is 10.5. The molecule has 0 aliphatic rings. The average molecular weight is 268 g/mol. The van der Waals surface area contributed by atoms with Gasteiger partial charge in [0.25, 0.3) is 0 Å². The number of aromatic nitrogens is 2. The molecule has 0 amide bonds. The van der Waals surface area contributed by atoms with Gasteiger partial charge in [-0.05, 0) is 13.3 Å². The van der Waals surface area contributed by atoms with Crippen molar-refractivity contribution in [2.45, 2.75) is 71.3 Å². The number of hydrogen-bond donors (Lipinski definition) is 2. The van der Waals surface area contributed by atoms with Crippen LogP contribution in [0.3, 0.4) is 0 Å². The van der Waals surface area contributed by atoms with Gasteiger partial charge in [-0.25, -0.2) is 0 Å². The van der Waals surface area contributed by atoms with Gasteiger partial charge in [0.2, 0.25) is 5.89 Å². The lowest BCUT2D eigenvalue weighted by atomic mass is 10.1. The number of unbranched alkanes of at least 4 members (excludes halogenated alkanes) is 7. The van der Waals surface area contributed by atoms with Gasteiger partial charge >= 0.3 is 6.01 Å². The topological polar surface area (TPSA) is 77.0 Å². The first-order chi connectivity index (χ1) is 9.24. The van der Waals surface area contributed by atoms with Crippen LogP contribution in [0.25, 0.3) is 0 Å². The molecule has 1 rings (SSSR count). The van der Waals surface area contributed by atoms with Crippen molar-refractivity contribution in [2.24, 2.45) is 5.73 Å². The SMILES string of the molecule is CCCCCCCCCCNc1nnc(C(C)N)o1. The van der Waals surface area contributed by atoms with Gasteiger partial charge in [-0.3, -0.25) is 0 Å². The van der Waals surface area contributed by atoms with E-state index >= 15 is 0 Å². The van der Waals surface area contributed by atoms with Crippen LogP contribution in [-0.4, -0.2) is 16.7 Å². The van der Waals surface area contributed by atoms with Crippen LogP contribution in [0.15, 0.2) is 4.42 Å². The second-order valence-electron chi connectivity index (χ2n) is 5.14. The minimum absolute atomic E-state index is 0.203. The van der Waals surface area contributed by atoms with Crippen molar-refractivity contribution in [1.29, 1.82) is 0 Å². The second kappa shape index (κ2) is 9.78. The van der Waals surface area contributed by atoms with Gasteiger partial charge in [-0.1, -0.05) is 57.0 Å². The lowest BCUT2D eigenvalue weighted by molar-refractivity contribution is 0.472. The van der Waals surface area contributed by atoms with Crippen LogP contribution >= 0.6 is 0 Å². The van der Waals surface area contributed by atoms with Crippen LogP contribution in [0.2, 0.25) is 0 Å². The summed E-state index contributed by atoms with van der Waals surface area (Å²) in [4.78, 5) is 0. The third-order valence-corrected chi connectivity index (χ3v) is 3.14. The Morgan fingerprint density at radius 1 is 1.05 bits per heavy atom. The zero-order valence-corrected chi connectivity index (χ0v) is 12.3. The van der Waals surface area contributed by atoms with Crippen LogP contribution in [0.4, 0.5) is 6.01 Å². The van der Waals surface area contributed by atoms with E-state index in [2.05, 4.69) is 22.4 Å². The molecular formula is C14H28N4O. The molecule has 0 saturated heterocycles. The maximum Gasteiger partial charge on any atom is 0.315 e. The molecular weight excluding hydrogens is 240 g/mol. The van der Waals surface area contributed by atoms with Crippen LogP contribution in [-0.2, 0) is 0 Å². The van der Waals surface area contributed by atoms with Crippen molar-refractivity contribution < 1.29 is 4.42 Å². The largest absolute Gasteiger partial charge is 0.406 e. The minimum atomic E-state index is -0.203. The van der Waals surface area contributed by atoms with E-state index in [-0.39, 0.29) is 6.04 Å². The smallest absolute Gasteiger partial charge is 0.315 e. The van der Waals surface area contributed by atoms with E-state index in [1.54, 1.807) is 0 Å². The molecule has 0 saturated carbocycles. The van der Waals surface area contributed by atoms with E-state index in [0.29, 0.717) is 11.9 Å². The standard InChI is InChI=1S/C14H28N4O/c1-3-4-5-6-7-8-9-10-11-16-14-18-17-13(19-14)12(2)15/h12H,3-11,15H2,1-2H3,(H,16,18). The van der Waals surface area contributed by atoms with E-state index < -0.39 is 0 Å². The number of nitrogens with one attached hydrogen (secondary N) is 1. The normalized spacial score (nSPS) is 12.6. The first kappa shape index (κ1) is 16.0. The van der Waals surface area contributed by atoms with Crippen molar-refractivity contribution >= 4 is 6.01 Å². The number of nitrogens with two attached hydrogens (primary N) is 1. The van der Waals surface area contributed by atoms with Crippen LogP contribution < -0.4 is 11.1 Å². The molecule has 1 atom stereocenters. The van der Waals surface area contributed by atoms with E-state index in [4.69, 9.17) is 10.2 Å². The summed E-state index contributed by atoms with van der Waals surface area (Å²) < 4.78 is 5.36. The molecule has 0 aliphatic heterocycles. The summed E-state index contributed by atoms with van der Waals surface area (Å²) in [6.45, 7) is 4.96. The van der Waals surface area contributed by atoms with Crippen LogP contribution in [0.1, 0.15) is 77.1 Å². The van der Waals surface area contributed by atoms with Crippen molar-refractivity contribution in [3.8, 4) is 0 Å². The summed E-state index contributed by atoms with van der Waals surface area (Å²) >= 11 is 0.